The van der Waals surface area contributed by atoms with Crippen molar-refractivity contribution in [2.45, 2.75) is 51.4 Å². The number of rotatable bonds is 6. The molecule has 4 nitrogen and oxygen atoms in total. The number of carbonyl (C=O) groups is 2. The summed E-state index contributed by atoms with van der Waals surface area (Å²) in [7, 11) is 0. The van der Waals surface area contributed by atoms with Crippen LogP contribution < -0.4 is 10.6 Å². The van der Waals surface area contributed by atoms with Gasteiger partial charge in [-0.05, 0) is 80.9 Å². The molecule has 2 amide bonds. The predicted molar refractivity (Wildman–Crippen MR) is 103 cm³/mol. The zero-order valence-corrected chi connectivity index (χ0v) is 16.2. The summed E-state index contributed by atoms with van der Waals surface area (Å²) in [5, 5.41) is 5.97. The lowest BCUT2D eigenvalue weighted by Crippen LogP contribution is -2.53. The van der Waals surface area contributed by atoms with Gasteiger partial charge in [-0.1, -0.05) is 11.6 Å². The van der Waals surface area contributed by atoms with E-state index in [0.717, 1.165) is 37.0 Å². The van der Waals surface area contributed by atoms with Gasteiger partial charge in [0.15, 0.2) is 0 Å². The van der Waals surface area contributed by atoms with Crippen LogP contribution in [0.2, 0.25) is 5.02 Å². The van der Waals surface area contributed by atoms with Crippen molar-refractivity contribution in [3.63, 3.8) is 0 Å². The predicted octanol–water partition coefficient (Wildman–Crippen LogP) is 4.53. The summed E-state index contributed by atoms with van der Waals surface area (Å²) in [6, 6.07) is 4.06. The van der Waals surface area contributed by atoms with E-state index in [1.54, 1.807) is 0 Å². The van der Waals surface area contributed by atoms with E-state index < -0.39 is 5.82 Å². The van der Waals surface area contributed by atoms with Crippen LogP contribution in [-0.4, -0.2) is 18.4 Å². The fraction of sp³-hybridized carbons (Fsp3) is 0.619. The van der Waals surface area contributed by atoms with Crippen LogP contribution in [0.5, 0.6) is 0 Å². The van der Waals surface area contributed by atoms with Gasteiger partial charge < -0.3 is 10.6 Å². The summed E-state index contributed by atoms with van der Waals surface area (Å²) in [6.07, 6.45) is 7.82. The number of amides is 2. The monoisotopic (exact) mass is 392 g/mol. The molecular weight excluding hydrogens is 367 g/mol. The Morgan fingerprint density at radius 2 is 1.74 bits per heavy atom. The van der Waals surface area contributed by atoms with Gasteiger partial charge in [0, 0.05) is 23.4 Å². The first-order valence-corrected chi connectivity index (χ1v) is 10.3. The highest BCUT2D eigenvalue weighted by molar-refractivity contribution is 6.30. The van der Waals surface area contributed by atoms with E-state index in [2.05, 4.69) is 10.6 Å². The van der Waals surface area contributed by atoms with E-state index in [4.69, 9.17) is 11.6 Å². The maximum atomic E-state index is 13.7. The van der Waals surface area contributed by atoms with Crippen molar-refractivity contribution < 1.29 is 14.0 Å². The zero-order valence-electron chi connectivity index (χ0n) is 15.4. The Kier molecular flexibility index (Phi) is 5.15. The molecule has 0 saturated heterocycles. The van der Waals surface area contributed by atoms with Crippen molar-refractivity contribution in [3.8, 4) is 0 Å². The Labute approximate surface area is 164 Å². The van der Waals surface area contributed by atoms with Crippen molar-refractivity contribution >= 4 is 29.1 Å². The first-order valence-electron chi connectivity index (χ1n) is 9.97. The van der Waals surface area contributed by atoms with Crippen LogP contribution in [-0.2, 0) is 9.59 Å². The van der Waals surface area contributed by atoms with Gasteiger partial charge >= 0.3 is 0 Å². The number of benzene rings is 1. The first kappa shape index (κ1) is 18.7. The second-order valence-electron chi connectivity index (χ2n) is 8.73. The second kappa shape index (κ2) is 7.42. The smallest absolute Gasteiger partial charge is 0.226 e. The molecule has 1 aromatic rings. The van der Waals surface area contributed by atoms with E-state index in [1.165, 1.54) is 37.5 Å². The van der Waals surface area contributed by atoms with Crippen LogP contribution in [0, 0.1) is 29.0 Å². The molecule has 0 aliphatic heterocycles. The van der Waals surface area contributed by atoms with Crippen molar-refractivity contribution in [2.75, 3.05) is 11.9 Å². The van der Waals surface area contributed by atoms with E-state index >= 15 is 0 Å². The molecule has 4 aliphatic rings. The topological polar surface area (TPSA) is 58.2 Å². The fourth-order valence-electron chi connectivity index (χ4n) is 5.83. The largest absolute Gasteiger partial charge is 0.356 e. The Morgan fingerprint density at radius 3 is 2.37 bits per heavy atom. The van der Waals surface area contributed by atoms with Crippen LogP contribution in [0.4, 0.5) is 10.1 Å². The lowest BCUT2D eigenvalue weighted by molar-refractivity contribution is -0.146. The molecule has 6 heteroatoms. The maximum Gasteiger partial charge on any atom is 0.226 e. The number of halogens is 2. The number of hydrogen-bond donors (Lipinski definition) is 2. The first-order chi connectivity index (χ1) is 12.9. The molecule has 0 unspecified atom stereocenters. The lowest BCUT2D eigenvalue weighted by atomic mass is 9.49. The Bertz CT molecular complexity index is 716. The highest BCUT2D eigenvalue weighted by Gasteiger charge is 2.54. The molecule has 0 spiro atoms. The molecule has 4 bridgehead atoms. The standard InChI is InChI=1S/C21H26ClFN2O2/c22-16-3-4-17(23)18(9-16)25-19(26)2-1-5-24-20(27)21-10-13-6-14(11-21)8-15(7-13)12-21/h3-4,9,13-15H,1-2,5-8,10-12H2,(H,24,27)(H,25,26). The van der Waals surface area contributed by atoms with Gasteiger partial charge in [-0.2, -0.15) is 0 Å². The molecule has 2 N–H and O–H groups in total. The van der Waals surface area contributed by atoms with Gasteiger partial charge in [0.2, 0.25) is 11.8 Å². The molecule has 5 rings (SSSR count). The molecule has 4 saturated carbocycles. The summed E-state index contributed by atoms with van der Waals surface area (Å²) >= 11 is 5.83. The van der Waals surface area contributed by atoms with Gasteiger partial charge in [0.25, 0.3) is 0 Å². The molecule has 4 aliphatic carbocycles. The van der Waals surface area contributed by atoms with Crippen LogP contribution in [0.1, 0.15) is 51.4 Å². The van der Waals surface area contributed by atoms with Crippen molar-refractivity contribution in [1.82, 2.24) is 5.32 Å². The van der Waals surface area contributed by atoms with Gasteiger partial charge in [0.05, 0.1) is 5.69 Å². The molecule has 0 atom stereocenters. The van der Waals surface area contributed by atoms with Gasteiger partial charge in [-0.25, -0.2) is 4.39 Å². The third-order valence-electron chi connectivity index (χ3n) is 6.59. The molecule has 0 aromatic heterocycles. The second-order valence-corrected chi connectivity index (χ2v) is 9.17. The maximum absolute atomic E-state index is 13.7. The summed E-state index contributed by atoms with van der Waals surface area (Å²) in [5.41, 5.74) is -0.0638. The zero-order chi connectivity index (χ0) is 19.0. The van der Waals surface area contributed by atoms with Crippen LogP contribution >= 0.6 is 11.6 Å². The average molecular weight is 393 g/mol. The molecular formula is C21H26ClFN2O2. The number of nitrogens with one attached hydrogen (secondary N) is 2. The van der Waals surface area contributed by atoms with Crippen molar-refractivity contribution in [1.29, 1.82) is 0 Å². The molecule has 27 heavy (non-hydrogen) atoms. The van der Waals surface area contributed by atoms with Gasteiger partial charge in [-0.3, -0.25) is 9.59 Å². The van der Waals surface area contributed by atoms with E-state index in [1.807, 2.05) is 0 Å². The van der Waals surface area contributed by atoms with Crippen LogP contribution in [0.15, 0.2) is 18.2 Å². The summed E-state index contributed by atoms with van der Waals surface area (Å²) in [6.45, 7) is 0.478. The van der Waals surface area contributed by atoms with Gasteiger partial charge in [0.1, 0.15) is 5.82 Å². The highest BCUT2D eigenvalue weighted by Crippen LogP contribution is 2.60. The molecule has 0 radical (unpaired) electrons. The quantitative estimate of drug-likeness (QED) is 0.699. The minimum absolute atomic E-state index is 0.0881. The highest BCUT2D eigenvalue weighted by atomic mass is 35.5. The summed E-state index contributed by atoms with van der Waals surface area (Å²) < 4.78 is 13.7. The van der Waals surface area contributed by atoms with E-state index in [9.17, 15) is 14.0 Å². The number of hydrogen-bond acceptors (Lipinski definition) is 2. The lowest BCUT2D eigenvalue weighted by Gasteiger charge is -2.55. The van der Waals surface area contributed by atoms with E-state index in [0.29, 0.717) is 18.0 Å². The van der Waals surface area contributed by atoms with E-state index in [-0.39, 0.29) is 29.3 Å². The average Bonchev–Trinajstić information content (AvgIpc) is 2.60. The Hall–Kier alpha value is -1.62. The van der Waals surface area contributed by atoms with Crippen LogP contribution in [0.25, 0.3) is 0 Å². The Balaban J connectivity index is 1.23. The molecule has 146 valence electrons. The number of carbonyl (C=O) groups excluding carboxylic acids is 2. The molecule has 0 heterocycles. The number of anilines is 1. The summed E-state index contributed by atoms with van der Waals surface area (Å²) in [4.78, 5) is 24.8. The third-order valence-corrected chi connectivity index (χ3v) is 6.82. The van der Waals surface area contributed by atoms with Crippen molar-refractivity contribution in [3.05, 3.63) is 29.0 Å². The Morgan fingerprint density at radius 1 is 1.11 bits per heavy atom. The molecule has 4 fully saturated rings. The third kappa shape index (κ3) is 3.98. The SMILES string of the molecule is O=C(CCCNC(=O)C12CC3CC(CC(C3)C1)C2)Nc1cc(Cl)ccc1F. The molecule has 1 aromatic carbocycles. The minimum atomic E-state index is -0.511. The minimum Gasteiger partial charge on any atom is -0.356 e. The van der Waals surface area contributed by atoms with Crippen LogP contribution in [0.3, 0.4) is 0 Å². The van der Waals surface area contributed by atoms with Crippen molar-refractivity contribution in [2.24, 2.45) is 23.2 Å². The summed E-state index contributed by atoms with van der Waals surface area (Å²) in [5.74, 6) is 1.60. The normalized spacial score (nSPS) is 31.0. The fourth-order valence-corrected chi connectivity index (χ4v) is 6.01. The van der Waals surface area contributed by atoms with Gasteiger partial charge in [-0.15, -0.1) is 0 Å².